The molecule has 2 aromatic heterocycles. The van der Waals surface area contributed by atoms with Crippen LogP contribution in [0.5, 0.6) is 0 Å². The van der Waals surface area contributed by atoms with Crippen LogP contribution in [-0.4, -0.2) is 32.2 Å². The zero-order chi connectivity index (χ0) is 16.4. The van der Waals surface area contributed by atoms with Gasteiger partial charge in [0.15, 0.2) is 21.7 Å². The SMILES string of the molecule is CCCC(C)Nc1nc(N)c2nc(Br)n(C3CCCCO3)c2n1. The van der Waals surface area contributed by atoms with Crippen molar-refractivity contribution in [1.82, 2.24) is 19.5 Å². The third kappa shape index (κ3) is 3.42. The number of rotatable bonds is 5. The Balaban J connectivity index is 1.99. The predicted molar refractivity (Wildman–Crippen MR) is 94.3 cm³/mol. The molecule has 3 rings (SSSR count). The molecule has 2 aromatic rings. The lowest BCUT2D eigenvalue weighted by Gasteiger charge is -2.24. The number of ether oxygens (including phenoxy) is 1. The number of nitrogens with zero attached hydrogens (tertiary/aromatic N) is 4. The molecule has 0 aromatic carbocycles. The molecule has 0 radical (unpaired) electrons. The fraction of sp³-hybridized carbons (Fsp3) is 0.667. The maximum atomic E-state index is 6.09. The molecule has 0 spiro atoms. The van der Waals surface area contributed by atoms with Crippen LogP contribution in [0.25, 0.3) is 11.2 Å². The fourth-order valence-electron chi connectivity index (χ4n) is 2.94. The van der Waals surface area contributed by atoms with Crippen LogP contribution in [0, 0.1) is 0 Å². The lowest BCUT2D eigenvalue weighted by atomic mass is 10.2. The monoisotopic (exact) mass is 382 g/mol. The van der Waals surface area contributed by atoms with Crippen molar-refractivity contribution in [1.29, 1.82) is 0 Å². The van der Waals surface area contributed by atoms with Gasteiger partial charge in [0.2, 0.25) is 5.95 Å². The second-order valence-corrected chi connectivity index (χ2v) is 6.72. The summed E-state index contributed by atoms with van der Waals surface area (Å²) in [4.78, 5) is 13.4. The lowest BCUT2D eigenvalue weighted by Crippen LogP contribution is -2.20. The second kappa shape index (κ2) is 7.00. The Morgan fingerprint density at radius 3 is 2.91 bits per heavy atom. The minimum absolute atomic E-state index is 0.0571. The first-order chi connectivity index (χ1) is 11.1. The number of nitrogens with two attached hydrogens (primary N) is 1. The van der Waals surface area contributed by atoms with E-state index >= 15 is 0 Å². The first kappa shape index (κ1) is 16.4. The Morgan fingerprint density at radius 2 is 2.22 bits per heavy atom. The molecule has 0 amide bonds. The number of nitrogens with one attached hydrogen (secondary N) is 1. The summed E-state index contributed by atoms with van der Waals surface area (Å²) in [5.41, 5.74) is 7.41. The molecule has 3 heterocycles. The first-order valence-corrected chi connectivity index (χ1v) is 8.98. The van der Waals surface area contributed by atoms with Crippen molar-refractivity contribution in [2.24, 2.45) is 0 Å². The Bertz CT molecular complexity index is 682. The Kier molecular flexibility index (Phi) is 5.01. The Morgan fingerprint density at radius 1 is 1.39 bits per heavy atom. The van der Waals surface area contributed by atoms with E-state index in [0.717, 1.165) is 38.7 Å². The van der Waals surface area contributed by atoms with Crippen molar-refractivity contribution in [3.8, 4) is 0 Å². The number of fused-ring (bicyclic) bond motifs is 1. The van der Waals surface area contributed by atoms with Crippen molar-refractivity contribution in [2.45, 2.75) is 58.2 Å². The van der Waals surface area contributed by atoms with Crippen LogP contribution in [0.2, 0.25) is 0 Å². The van der Waals surface area contributed by atoms with Crippen molar-refractivity contribution in [3.63, 3.8) is 0 Å². The average molecular weight is 383 g/mol. The van der Waals surface area contributed by atoms with Gasteiger partial charge in [0, 0.05) is 12.6 Å². The summed E-state index contributed by atoms with van der Waals surface area (Å²) in [5.74, 6) is 0.928. The molecule has 1 aliphatic rings. The van der Waals surface area contributed by atoms with E-state index in [1.165, 1.54) is 0 Å². The van der Waals surface area contributed by atoms with Gasteiger partial charge in [0.25, 0.3) is 0 Å². The molecule has 2 atom stereocenters. The van der Waals surface area contributed by atoms with Gasteiger partial charge in [-0.2, -0.15) is 9.97 Å². The topological polar surface area (TPSA) is 90.9 Å². The molecule has 0 bridgehead atoms. The van der Waals surface area contributed by atoms with E-state index in [9.17, 15) is 0 Å². The van der Waals surface area contributed by atoms with Crippen molar-refractivity contribution in [3.05, 3.63) is 4.73 Å². The maximum Gasteiger partial charge on any atom is 0.226 e. The van der Waals surface area contributed by atoms with E-state index in [-0.39, 0.29) is 6.23 Å². The van der Waals surface area contributed by atoms with Gasteiger partial charge in [-0.1, -0.05) is 13.3 Å². The van der Waals surface area contributed by atoms with Gasteiger partial charge in [0.1, 0.15) is 6.23 Å². The third-order valence-electron chi connectivity index (χ3n) is 4.06. The number of anilines is 2. The molecular formula is C15H23BrN6O. The van der Waals surface area contributed by atoms with Gasteiger partial charge in [-0.25, -0.2) is 4.98 Å². The van der Waals surface area contributed by atoms with E-state index in [0.29, 0.717) is 33.7 Å². The average Bonchev–Trinajstić information content (AvgIpc) is 2.85. The molecule has 0 aliphatic carbocycles. The highest BCUT2D eigenvalue weighted by Crippen LogP contribution is 2.32. The van der Waals surface area contributed by atoms with E-state index < -0.39 is 0 Å². The summed E-state index contributed by atoms with van der Waals surface area (Å²) in [6.45, 7) is 5.03. The number of hydrogen-bond acceptors (Lipinski definition) is 6. The smallest absolute Gasteiger partial charge is 0.226 e. The van der Waals surface area contributed by atoms with Crippen LogP contribution < -0.4 is 11.1 Å². The summed E-state index contributed by atoms with van der Waals surface area (Å²) in [5, 5.41) is 3.32. The molecular weight excluding hydrogens is 360 g/mol. The maximum absolute atomic E-state index is 6.09. The summed E-state index contributed by atoms with van der Waals surface area (Å²) >= 11 is 3.51. The fourth-order valence-corrected chi connectivity index (χ4v) is 3.51. The molecule has 23 heavy (non-hydrogen) atoms. The molecule has 126 valence electrons. The van der Waals surface area contributed by atoms with Crippen LogP contribution in [0.4, 0.5) is 11.8 Å². The number of halogens is 1. The van der Waals surface area contributed by atoms with Crippen LogP contribution in [0.15, 0.2) is 4.73 Å². The standard InChI is InChI=1S/C15H23BrN6O/c1-3-6-9(2)18-15-20-12(17)11-13(21-15)22(14(16)19-11)10-7-4-5-8-23-10/h9-10H,3-8H2,1-2H3,(H3,17,18,20,21). The third-order valence-corrected chi connectivity index (χ3v) is 4.62. The van der Waals surface area contributed by atoms with Gasteiger partial charge < -0.3 is 15.8 Å². The minimum Gasteiger partial charge on any atom is -0.382 e. The molecule has 0 saturated carbocycles. The number of imidazole rings is 1. The number of nitrogen functional groups attached to an aromatic ring is 1. The first-order valence-electron chi connectivity index (χ1n) is 8.19. The molecule has 2 unspecified atom stereocenters. The highest BCUT2D eigenvalue weighted by atomic mass is 79.9. The van der Waals surface area contributed by atoms with Gasteiger partial charge >= 0.3 is 0 Å². The van der Waals surface area contributed by atoms with Crippen molar-refractivity contribution < 1.29 is 4.74 Å². The highest BCUT2D eigenvalue weighted by Gasteiger charge is 2.24. The van der Waals surface area contributed by atoms with Crippen LogP contribution in [0.1, 0.15) is 52.2 Å². The minimum atomic E-state index is -0.0571. The van der Waals surface area contributed by atoms with E-state index in [1.54, 1.807) is 0 Å². The summed E-state index contributed by atoms with van der Waals surface area (Å²) in [7, 11) is 0. The van der Waals surface area contributed by atoms with Gasteiger partial charge in [-0.05, 0) is 48.5 Å². The summed E-state index contributed by atoms with van der Waals surface area (Å²) in [6.07, 6.45) is 5.28. The van der Waals surface area contributed by atoms with E-state index in [2.05, 4.69) is 50.0 Å². The van der Waals surface area contributed by atoms with Gasteiger partial charge in [0.05, 0.1) is 0 Å². The number of hydrogen-bond donors (Lipinski definition) is 2. The largest absolute Gasteiger partial charge is 0.382 e. The molecule has 1 saturated heterocycles. The zero-order valence-corrected chi connectivity index (χ0v) is 15.1. The normalized spacial score (nSPS) is 19.9. The molecule has 1 fully saturated rings. The second-order valence-electron chi connectivity index (χ2n) is 6.01. The lowest BCUT2D eigenvalue weighted by molar-refractivity contribution is -0.0311. The predicted octanol–water partition coefficient (Wildman–Crippen LogP) is 3.47. The Hall–Kier alpha value is -1.41. The van der Waals surface area contributed by atoms with E-state index in [4.69, 9.17) is 10.5 Å². The summed E-state index contributed by atoms with van der Waals surface area (Å²) < 4.78 is 8.54. The van der Waals surface area contributed by atoms with Gasteiger partial charge in [-0.15, -0.1) is 0 Å². The summed E-state index contributed by atoms with van der Waals surface area (Å²) in [6, 6.07) is 0.294. The van der Waals surface area contributed by atoms with Crippen LogP contribution >= 0.6 is 15.9 Å². The Labute approximate surface area is 144 Å². The molecule has 8 heteroatoms. The van der Waals surface area contributed by atoms with E-state index in [1.807, 2.05) is 4.57 Å². The van der Waals surface area contributed by atoms with Crippen molar-refractivity contribution in [2.75, 3.05) is 17.7 Å². The quantitative estimate of drug-likeness (QED) is 0.769. The zero-order valence-electron chi connectivity index (χ0n) is 13.5. The van der Waals surface area contributed by atoms with Gasteiger partial charge in [-0.3, -0.25) is 4.57 Å². The molecule has 3 N–H and O–H groups in total. The molecule has 1 aliphatic heterocycles. The molecule has 7 nitrogen and oxygen atoms in total. The van der Waals surface area contributed by atoms with Crippen molar-refractivity contribution >= 4 is 38.9 Å². The van der Waals surface area contributed by atoms with Crippen LogP contribution in [0.3, 0.4) is 0 Å². The number of aromatic nitrogens is 4. The highest BCUT2D eigenvalue weighted by molar-refractivity contribution is 9.10. The van der Waals surface area contributed by atoms with Crippen LogP contribution in [-0.2, 0) is 4.74 Å².